The zero-order valence-corrected chi connectivity index (χ0v) is 14.3. The summed E-state index contributed by atoms with van der Waals surface area (Å²) in [7, 11) is 0. The fourth-order valence-electron chi connectivity index (χ4n) is 2.81. The van der Waals surface area contributed by atoms with Gasteiger partial charge < -0.3 is 15.2 Å². The number of hydrogen-bond acceptors (Lipinski definition) is 4. The number of halogens is 3. The molecule has 0 spiro atoms. The first-order chi connectivity index (χ1) is 10.5. The third-order valence-electron chi connectivity index (χ3n) is 3.98. The predicted octanol–water partition coefficient (Wildman–Crippen LogP) is 3.28. The topological polar surface area (TPSA) is 47.7 Å². The molecular weight excluding hydrogens is 326 g/mol. The maximum absolute atomic E-state index is 12.4. The second-order valence-electron chi connectivity index (χ2n) is 5.74. The van der Waals surface area contributed by atoms with Crippen molar-refractivity contribution in [3.8, 4) is 11.5 Å². The lowest BCUT2D eigenvalue weighted by Gasteiger charge is -2.19. The van der Waals surface area contributed by atoms with Crippen molar-refractivity contribution in [2.75, 3.05) is 19.7 Å². The minimum absolute atomic E-state index is 0. The number of rotatable bonds is 7. The fraction of sp³-hybridized carbons (Fsp3) is 0.625. The van der Waals surface area contributed by atoms with Crippen molar-refractivity contribution in [1.82, 2.24) is 4.90 Å². The standard InChI is InChI=1S/C16H24F2N2O2.ClH/c1-3-21-15-8-12(4-5-14(15)22-16(17)18)9-20-7-6-13(10-20)11(2)19;/h4-5,8,11,13,16H,3,6-7,9-10,19H2,1-2H3;1H. The number of nitrogens with two attached hydrogens (primary N) is 1. The molecule has 132 valence electrons. The Morgan fingerprint density at radius 1 is 1.35 bits per heavy atom. The van der Waals surface area contributed by atoms with Crippen LogP contribution in [0.1, 0.15) is 25.8 Å². The first-order valence-electron chi connectivity index (χ1n) is 7.68. The summed E-state index contributed by atoms with van der Waals surface area (Å²) in [5, 5.41) is 0. The largest absolute Gasteiger partial charge is 0.490 e. The van der Waals surface area contributed by atoms with Crippen molar-refractivity contribution in [1.29, 1.82) is 0 Å². The lowest BCUT2D eigenvalue weighted by molar-refractivity contribution is -0.0514. The van der Waals surface area contributed by atoms with Gasteiger partial charge in [-0.15, -0.1) is 12.4 Å². The Hall–Kier alpha value is -1.11. The maximum Gasteiger partial charge on any atom is 0.387 e. The summed E-state index contributed by atoms with van der Waals surface area (Å²) in [6.45, 7) is 4.14. The van der Waals surface area contributed by atoms with Gasteiger partial charge in [0.05, 0.1) is 6.61 Å². The molecule has 1 aromatic rings. The van der Waals surface area contributed by atoms with E-state index in [0.29, 0.717) is 18.3 Å². The Kier molecular flexibility index (Phi) is 8.02. The van der Waals surface area contributed by atoms with E-state index in [1.54, 1.807) is 18.2 Å². The lowest BCUT2D eigenvalue weighted by Crippen LogP contribution is -2.29. The lowest BCUT2D eigenvalue weighted by atomic mass is 10.0. The van der Waals surface area contributed by atoms with Gasteiger partial charge in [-0.3, -0.25) is 4.90 Å². The van der Waals surface area contributed by atoms with Gasteiger partial charge in [0.2, 0.25) is 0 Å². The molecule has 0 amide bonds. The molecule has 1 aliphatic rings. The number of nitrogens with zero attached hydrogens (tertiary/aromatic N) is 1. The van der Waals surface area contributed by atoms with Crippen molar-refractivity contribution in [3.05, 3.63) is 23.8 Å². The van der Waals surface area contributed by atoms with Crippen molar-refractivity contribution in [2.45, 2.75) is 39.5 Å². The Morgan fingerprint density at radius 2 is 2.09 bits per heavy atom. The quantitative estimate of drug-likeness (QED) is 0.819. The van der Waals surface area contributed by atoms with Gasteiger partial charge in [0, 0.05) is 19.1 Å². The van der Waals surface area contributed by atoms with Crippen LogP contribution < -0.4 is 15.2 Å². The molecule has 0 radical (unpaired) electrons. The van der Waals surface area contributed by atoms with Gasteiger partial charge in [0.25, 0.3) is 0 Å². The second kappa shape index (κ2) is 9.25. The van der Waals surface area contributed by atoms with Crippen LogP contribution in [-0.4, -0.2) is 37.2 Å². The minimum Gasteiger partial charge on any atom is -0.490 e. The summed E-state index contributed by atoms with van der Waals surface area (Å²) in [4.78, 5) is 2.33. The molecule has 1 saturated heterocycles. The first kappa shape index (κ1) is 19.9. The number of ether oxygens (including phenoxy) is 2. The van der Waals surface area contributed by atoms with Crippen LogP contribution in [0.25, 0.3) is 0 Å². The highest BCUT2D eigenvalue weighted by Crippen LogP contribution is 2.31. The highest BCUT2D eigenvalue weighted by molar-refractivity contribution is 5.85. The zero-order chi connectivity index (χ0) is 16.1. The van der Waals surface area contributed by atoms with Crippen LogP contribution in [0.5, 0.6) is 11.5 Å². The first-order valence-corrected chi connectivity index (χ1v) is 7.68. The van der Waals surface area contributed by atoms with E-state index in [9.17, 15) is 8.78 Å². The Morgan fingerprint density at radius 3 is 2.65 bits per heavy atom. The maximum atomic E-state index is 12.4. The number of likely N-dealkylation sites (tertiary alicyclic amines) is 1. The third kappa shape index (κ3) is 5.79. The molecular formula is C16H25ClF2N2O2. The second-order valence-corrected chi connectivity index (χ2v) is 5.74. The highest BCUT2D eigenvalue weighted by Gasteiger charge is 2.25. The molecule has 2 N–H and O–H groups in total. The van der Waals surface area contributed by atoms with E-state index >= 15 is 0 Å². The third-order valence-corrected chi connectivity index (χ3v) is 3.98. The van der Waals surface area contributed by atoms with Gasteiger partial charge in [-0.2, -0.15) is 8.78 Å². The summed E-state index contributed by atoms with van der Waals surface area (Å²) in [5.41, 5.74) is 6.97. The summed E-state index contributed by atoms with van der Waals surface area (Å²) < 4.78 is 34.7. The van der Waals surface area contributed by atoms with Gasteiger partial charge in [0.15, 0.2) is 11.5 Å². The van der Waals surface area contributed by atoms with Crippen LogP contribution in [-0.2, 0) is 6.54 Å². The summed E-state index contributed by atoms with van der Waals surface area (Å²) >= 11 is 0. The number of alkyl halides is 2. The Bertz CT molecular complexity index is 489. The van der Waals surface area contributed by atoms with E-state index in [4.69, 9.17) is 10.5 Å². The molecule has 2 rings (SSSR count). The summed E-state index contributed by atoms with van der Waals surface area (Å²) in [6.07, 6.45) is 1.10. The highest BCUT2D eigenvalue weighted by atomic mass is 35.5. The number of hydrogen-bond donors (Lipinski definition) is 1. The van der Waals surface area contributed by atoms with Crippen LogP contribution in [0.3, 0.4) is 0 Å². The van der Waals surface area contributed by atoms with E-state index in [1.165, 1.54) is 0 Å². The molecule has 2 atom stereocenters. The molecule has 1 heterocycles. The molecule has 0 aromatic heterocycles. The molecule has 0 aliphatic carbocycles. The van der Waals surface area contributed by atoms with Gasteiger partial charge in [-0.05, 0) is 50.4 Å². The smallest absolute Gasteiger partial charge is 0.387 e. The van der Waals surface area contributed by atoms with Crippen molar-refractivity contribution in [2.24, 2.45) is 11.7 Å². The molecule has 0 bridgehead atoms. The molecule has 2 unspecified atom stereocenters. The molecule has 23 heavy (non-hydrogen) atoms. The predicted molar refractivity (Wildman–Crippen MR) is 88.5 cm³/mol. The fourth-order valence-corrected chi connectivity index (χ4v) is 2.81. The zero-order valence-electron chi connectivity index (χ0n) is 13.5. The Balaban J connectivity index is 0.00000264. The van der Waals surface area contributed by atoms with Gasteiger partial charge in [0.1, 0.15) is 0 Å². The minimum atomic E-state index is -2.85. The van der Waals surface area contributed by atoms with Crippen LogP contribution in [0.15, 0.2) is 18.2 Å². The average Bonchev–Trinajstić information content (AvgIpc) is 2.90. The van der Waals surface area contributed by atoms with E-state index in [1.807, 2.05) is 13.8 Å². The van der Waals surface area contributed by atoms with E-state index in [2.05, 4.69) is 9.64 Å². The van der Waals surface area contributed by atoms with Gasteiger partial charge in [-0.1, -0.05) is 6.07 Å². The monoisotopic (exact) mass is 350 g/mol. The normalized spacial score (nSPS) is 19.5. The van der Waals surface area contributed by atoms with Gasteiger partial charge >= 0.3 is 6.61 Å². The average molecular weight is 351 g/mol. The van der Waals surface area contributed by atoms with Crippen LogP contribution in [0, 0.1) is 5.92 Å². The van der Waals surface area contributed by atoms with Crippen molar-refractivity contribution in [3.63, 3.8) is 0 Å². The molecule has 1 aromatic carbocycles. The van der Waals surface area contributed by atoms with E-state index in [-0.39, 0.29) is 24.2 Å². The molecule has 1 fully saturated rings. The van der Waals surface area contributed by atoms with Crippen molar-refractivity contribution >= 4 is 12.4 Å². The molecule has 1 aliphatic heterocycles. The van der Waals surface area contributed by atoms with Crippen molar-refractivity contribution < 1.29 is 18.3 Å². The summed E-state index contributed by atoms with van der Waals surface area (Å²) in [5.74, 6) is 0.964. The Labute approximate surface area is 142 Å². The van der Waals surface area contributed by atoms with Crippen LogP contribution >= 0.6 is 12.4 Å². The molecule has 0 saturated carbocycles. The molecule has 7 heteroatoms. The van der Waals surface area contributed by atoms with E-state index in [0.717, 1.165) is 31.6 Å². The SMILES string of the molecule is CCOc1cc(CN2CCC(C(C)N)C2)ccc1OC(F)F.Cl. The summed E-state index contributed by atoms with van der Waals surface area (Å²) in [6, 6.07) is 5.33. The van der Waals surface area contributed by atoms with Gasteiger partial charge in [-0.25, -0.2) is 0 Å². The van der Waals surface area contributed by atoms with Crippen LogP contribution in [0.4, 0.5) is 8.78 Å². The molecule has 4 nitrogen and oxygen atoms in total. The van der Waals surface area contributed by atoms with Crippen LogP contribution in [0.2, 0.25) is 0 Å². The number of benzene rings is 1. The van der Waals surface area contributed by atoms with E-state index < -0.39 is 6.61 Å².